The number of carboxylic acids is 1. The molecule has 0 fully saturated rings. The van der Waals surface area contributed by atoms with Crippen LogP contribution < -0.4 is 9.47 Å². The fraction of sp³-hybridized carbons (Fsp3) is 0.0909. The lowest BCUT2D eigenvalue weighted by Gasteiger charge is -2.06. The van der Waals surface area contributed by atoms with Gasteiger partial charge in [0, 0.05) is 6.07 Å². The number of aromatic nitrogens is 2. The number of ether oxygens (including phenoxy) is 2. The summed E-state index contributed by atoms with van der Waals surface area (Å²) in [6.07, 6.45) is 0. The SMILES string of the molecule is O=C(O)c1cc(-c2c(F)cc3c(c2Br)OCO3)n[nH]1. The summed E-state index contributed by atoms with van der Waals surface area (Å²) < 4.78 is 24.7. The number of fused-ring (bicyclic) bond motifs is 1. The maximum absolute atomic E-state index is 14.0. The van der Waals surface area contributed by atoms with Crippen molar-refractivity contribution in [3.8, 4) is 22.8 Å². The molecule has 6 nitrogen and oxygen atoms in total. The zero-order chi connectivity index (χ0) is 13.6. The van der Waals surface area contributed by atoms with Crippen molar-refractivity contribution in [3.63, 3.8) is 0 Å². The van der Waals surface area contributed by atoms with Crippen molar-refractivity contribution in [1.82, 2.24) is 10.2 Å². The van der Waals surface area contributed by atoms with E-state index in [-0.39, 0.29) is 23.7 Å². The second-order valence-electron chi connectivity index (χ2n) is 3.75. The Labute approximate surface area is 114 Å². The zero-order valence-corrected chi connectivity index (χ0v) is 10.8. The van der Waals surface area contributed by atoms with Gasteiger partial charge in [0.2, 0.25) is 6.79 Å². The molecule has 2 aromatic rings. The number of hydrogen-bond donors (Lipinski definition) is 2. The first kappa shape index (κ1) is 12.0. The van der Waals surface area contributed by atoms with Crippen LogP contribution in [0.2, 0.25) is 0 Å². The summed E-state index contributed by atoms with van der Waals surface area (Å²) in [4.78, 5) is 10.8. The Morgan fingerprint density at radius 1 is 1.47 bits per heavy atom. The van der Waals surface area contributed by atoms with Gasteiger partial charge in [0.1, 0.15) is 11.5 Å². The van der Waals surface area contributed by atoms with Gasteiger partial charge in [-0.2, -0.15) is 5.10 Å². The summed E-state index contributed by atoms with van der Waals surface area (Å²) in [5.41, 5.74) is 0.159. The minimum atomic E-state index is -1.17. The molecule has 1 aliphatic rings. The van der Waals surface area contributed by atoms with E-state index in [0.29, 0.717) is 16.0 Å². The Morgan fingerprint density at radius 2 is 2.26 bits per heavy atom. The largest absolute Gasteiger partial charge is 0.477 e. The van der Waals surface area contributed by atoms with Gasteiger partial charge >= 0.3 is 5.97 Å². The number of rotatable bonds is 2. The molecule has 0 amide bonds. The highest BCUT2D eigenvalue weighted by atomic mass is 79.9. The number of nitrogens with zero attached hydrogens (tertiary/aromatic N) is 1. The second-order valence-corrected chi connectivity index (χ2v) is 4.55. The van der Waals surface area contributed by atoms with E-state index < -0.39 is 11.8 Å². The quantitative estimate of drug-likeness (QED) is 0.884. The Morgan fingerprint density at radius 3 is 2.95 bits per heavy atom. The average Bonchev–Trinajstić information content (AvgIpc) is 2.97. The summed E-state index contributed by atoms with van der Waals surface area (Å²) in [5, 5.41) is 14.9. The number of benzene rings is 1. The Hall–Kier alpha value is -2.09. The van der Waals surface area contributed by atoms with E-state index in [4.69, 9.17) is 14.6 Å². The van der Waals surface area contributed by atoms with E-state index in [1.807, 2.05) is 0 Å². The number of aromatic amines is 1. The smallest absolute Gasteiger partial charge is 0.353 e. The molecule has 0 aliphatic carbocycles. The lowest BCUT2D eigenvalue weighted by Crippen LogP contribution is -1.95. The molecule has 2 N–H and O–H groups in total. The monoisotopic (exact) mass is 328 g/mol. The molecule has 0 saturated carbocycles. The molecule has 3 rings (SSSR count). The molecule has 1 aromatic carbocycles. The third kappa shape index (κ3) is 1.84. The van der Waals surface area contributed by atoms with Gasteiger partial charge in [0.15, 0.2) is 11.5 Å². The van der Waals surface area contributed by atoms with Crippen LogP contribution in [-0.2, 0) is 0 Å². The molecule has 0 bridgehead atoms. The van der Waals surface area contributed by atoms with Crippen LogP contribution in [0.1, 0.15) is 10.5 Å². The number of halogens is 2. The highest BCUT2D eigenvalue weighted by molar-refractivity contribution is 9.10. The van der Waals surface area contributed by atoms with E-state index in [9.17, 15) is 9.18 Å². The van der Waals surface area contributed by atoms with Crippen LogP contribution in [0.4, 0.5) is 4.39 Å². The first-order chi connectivity index (χ1) is 9.08. The van der Waals surface area contributed by atoms with Gasteiger partial charge in [-0.3, -0.25) is 5.10 Å². The zero-order valence-electron chi connectivity index (χ0n) is 9.24. The lowest BCUT2D eigenvalue weighted by molar-refractivity contribution is 0.0690. The molecule has 8 heteroatoms. The van der Waals surface area contributed by atoms with Crippen molar-refractivity contribution in [2.75, 3.05) is 6.79 Å². The van der Waals surface area contributed by atoms with Crippen molar-refractivity contribution in [3.05, 3.63) is 28.1 Å². The summed E-state index contributed by atoms with van der Waals surface area (Å²) in [7, 11) is 0. The fourth-order valence-corrected chi connectivity index (χ4v) is 2.47. The van der Waals surface area contributed by atoms with E-state index in [2.05, 4.69) is 26.1 Å². The van der Waals surface area contributed by atoms with Crippen LogP contribution in [0.5, 0.6) is 11.5 Å². The van der Waals surface area contributed by atoms with E-state index in [0.717, 1.165) is 0 Å². The van der Waals surface area contributed by atoms with Crippen molar-refractivity contribution in [2.24, 2.45) is 0 Å². The van der Waals surface area contributed by atoms with Gasteiger partial charge in [-0.05, 0) is 22.0 Å². The number of H-pyrrole nitrogens is 1. The molecule has 0 atom stereocenters. The molecular formula is C11H6BrFN2O4. The van der Waals surface area contributed by atoms with Gasteiger partial charge in [0.05, 0.1) is 15.7 Å². The van der Waals surface area contributed by atoms with Gasteiger partial charge < -0.3 is 14.6 Å². The maximum Gasteiger partial charge on any atom is 0.353 e. The highest BCUT2D eigenvalue weighted by Gasteiger charge is 2.25. The Kier molecular flexibility index (Phi) is 2.67. The van der Waals surface area contributed by atoms with Crippen LogP contribution in [0.25, 0.3) is 11.3 Å². The first-order valence-electron chi connectivity index (χ1n) is 5.14. The molecule has 2 heterocycles. The van der Waals surface area contributed by atoms with Crippen LogP contribution in [0.15, 0.2) is 16.6 Å². The summed E-state index contributed by atoms with van der Waals surface area (Å²) >= 11 is 3.22. The number of carbonyl (C=O) groups is 1. The number of aromatic carboxylic acids is 1. The third-order valence-corrected chi connectivity index (χ3v) is 3.38. The molecule has 19 heavy (non-hydrogen) atoms. The van der Waals surface area contributed by atoms with E-state index >= 15 is 0 Å². The minimum Gasteiger partial charge on any atom is -0.477 e. The molecule has 0 radical (unpaired) electrons. The second kappa shape index (κ2) is 4.23. The molecule has 0 spiro atoms. The third-order valence-electron chi connectivity index (χ3n) is 2.62. The summed E-state index contributed by atoms with van der Waals surface area (Å²) in [6.45, 7) is 0.0117. The van der Waals surface area contributed by atoms with E-state index in [1.165, 1.54) is 12.1 Å². The normalized spacial score (nSPS) is 12.7. The van der Waals surface area contributed by atoms with Crippen molar-refractivity contribution in [2.45, 2.75) is 0 Å². The van der Waals surface area contributed by atoms with Crippen molar-refractivity contribution >= 4 is 21.9 Å². The standard InChI is InChI=1S/C11H6BrFN2O4/c12-9-8(5-2-6(11(16)17)15-14-5)4(13)1-7-10(9)19-3-18-7/h1-2H,3H2,(H,14,15)(H,16,17). The predicted octanol–water partition coefficient (Wildman–Crippen LogP) is 2.41. The van der Waals surface area contributed by atoms with Gasteiger partial charge in [-0.1, -0.05) is 0 Å². The summed E-state index contributed by atoms with van der Waals surface area (Å²) in [6, 6.07) is 2.42. The van der Waals surface area contributed by atoms with Crippen molar-refractivity contribution < 1.29 is 23.8 Å². The Bertz CT molecular complexity index is 686. The molecule has 0 unspecified atom stereocenters. The van der Waals surface area contributed by atoms with Gasteiger partial charge in [-0.15, -0.1) is 0 Å². The average molecular weight is 329 g/mol. The molecule has 0 saturated heterocycles. The maximum atomic E-state index is 14.0. The van der Waals surface area contributed by atoms with E-state index in [1.54, 1.807) is 0 Å². The summed E-state index contributed by atoms with van der Waals surface area (Å²) in [5.74, 6) is -1.09. The fourth-order valence-electron chi connectivity index (χ4n) is 1.77. The highest BCUT2D eigenvalue weighted by Crippen LogP contribution is 2.45. The van der Waals surface area contributed by atoms with Crippen LogP contribution in [0, 0.1) is 5.82 Å². The first-order valence-corrected chi connectivity index (χ1v) is 5.94. The number of nitrogens with one attached hydrogen (secondary N) is 1. The Balaban J connectivity index is 2.16. The van der Waals surface area contributed by atoms with Crippen LogP contribution in [0.3, 0.4) is 0 Å². The topological polar surface area (TPSA) is 84.4 Å². The van der Waals surface area contributed by atoms with Gasteiger partial charge in [0.25, 0.3) is 0 Å². The number of hydrogen-bond acceptors (Lipinski definition) is 4. The minimum absolute atomic E-state index is 0.0117. The molecule has 1 aromatic heterocycles. The van der Waals surface area contributed by atoms with Gasteiger partial charge in [-0.25, -0.2) is 9.18 Å². The molecule has 98 valence electrons. The predicted molar refractivity (Wildman–Crippen MR) is 64.8 cm³/mol. The lowest BCUT2D eigenvalue weighted by atomic mass is 10.1. The van der Waals surface area contributed by atoms with Crippen LogP contribution in [-0.4, -0.2) is 28.1 Å². The van der Waals surface area contributed by atoms with Crippen molar-refractivity contribution in [1.29, 1.82) is 0 Å². The molecule has 1 aliphatic heterocycles. The van der Waals surface area contributed by atoms with Crippen LogP contribution >= 0.6 is 15.9 Å². The molecular weight excluding hydrogens is 323 g/mol. The number of carboxylic acid groups (broad SMARTS) is 1.